The first-order valence-electron chi connectivity index (χ1n) is 7.54. The number of halogens is 3. The zero-order chi connectivity index (χ0) is 16.5. The summed E-state index contributed by atoms with van der Waals surface area (Å²) in [5.74, 6) is 0.926. The molecular weight excluding hydrogens is 309 g/mol. The molecule has 1 aliphatic heterocycles. The van der Waals surface area contributed by atoms with Crippen molar-refractivity contribution in [3.63, 3.8) is 0 Å². The largest absolute Gasteiger partial charge is 0.416 e. The number of hydrogen-bond acceptors (Lipinski definition) is 4. The second kappa shape index (κ2) is 5.96. The van der Waals surface area contributed by atoms with Gasteiger partial charge >= 0.3 is 6.18 Å². The van der Waals surface area contributed by atoms with Crippen LogP contribution < -0.4 is 0 Å². The lowest BCUT2D eigenvalue weighted by atomic mass is 9.73. The fourth-order valence-electron chi connectivity index (χ4n) is 2.93. The second-order valence-electron chi connectivity index (χ2n) is 5.64. The molecule has 0 atom stereocenters. The molecule has 23 heavy (non-hydrogen) atoms. The maximum atomic E-state index is 13.0. The third kappa shape index (κ3) is 2.97. The lowest BCUT2D eigenvalue weighted by Gasteiger charge is -2.34. The quantitative estimate of drug-likeness (QED) is 0.862. The van der Waals surface area contributed by atoms with Crippen LogP contribution in [0.15, 0.2) is 28.8 Å². The summed E-state index contributed by atoms with van der Waals surface area (Å²) >= 11 is 0. The third-order valence-electron chi connectivity index (χ3n) is 4.28. The van der Waals surface area contributed by atoms with E-state index in [9.17, 15) is 13.2 Å². The predicted molar refractivity (Wildman–Crippen MR) is 76.0 cm³/mol. The van der Waals surface area contributed by atoms with Crippen LogP contribution in [0.1, 0.15) is 42.6 Å². The molecule has 124 valence electrons. The van der Waals surface area contributed by atoms with Crippen molar-refractivity contribution in [3.8, 4) is 0 Å². The van der Waals surface area contributed by atoms with Crippen molar-refractivity contribution in [1.29, 1.82) is 0 Å². The Morgan fingerprint density at radius 2 is 1.96 bits per heavy atom. The smallest absolute Gasteiger partial charge is 0.381 e. The molecule has 7 heteroatoms. The Kier molecular flexibility index (Phi) is 4.14. The summed E-state index contributed by atoms with van der Waals surface area (Å²) < 4.78 is 49.9. The van der Waals surface area contributed by atoms with Crippen LogP contribution >= 0.6 is 0 Å². The second-order valence-corrected chi connectivity index (χ2v) is 5.64. The number of hydrogen-bond donors (Lipinski definition) is 0. The summed E-state index contributed by atoms with van der Waals surface area (Å²) in [4.78, 5) is 4.38. The molecule has 1 saturated heterocycles. The van der Waals surface area contributed by atoms with E-state index in [1.807, 2.05) is 6.92 Å². The van der Waals surface area contributed by atoms with Gasteiger partial charge in [-0.15, -0.1) is 0 Å². The highest BCUT2D eigenvalue weighted by molar-refractivity contribution is 5.36. The molecular formula is C16H17F3N2O2. The molecule has 1 aromatic heterocycles. The predicted octanol–water partition coefficient (Wildman–Crippen LogP) is 3.75. The number of benzene rings is 1. The fraction of sp³-hybridized carbons (Fsp3) is 0.500. The molecule has 4 nitrogen and oxygen atoms in total. The maximum Gasteiger partial charge on any atom is 0.416 e. The van der Waals surface area contributed by atoms with Crippen LogP contribution in [0.4, 0.5) is 13.2 Å². The van der Waals surface area contributed by atoms with Crippen molar-refractivity contribution < 1.29 is 22.4 Å². The Labute approximate surface area is 131 Å². The first-order chi connectivity index (χ1) is 11.0. The Balaban J connectivity index is 2.09. The number of ether oxygens (including phenoxy) is 1. The van der Waals surface area contributed by atoms with E-state index < -0.39 is 17.2 Å². The number of rotatable bonds is 3. The third-order valence-corrected chi connectivity index (χ3v) is 4.28. The van der Waals surface area contributed by atoms with Crippen LogP contribution in [-0.4, -0.2) is 23.4 Å². The average Bonchev–Trinajstić information content (AvgIpc) is 3.04. The molecule has 0 aliphatic carbocycles. The molecule has 3 rings (SSSR count). The molecule has 0 bridgehead atoms. The van der Waals surface area contributed by atoms with Gasteiger partial charge in [0.1, 0.15) is 0 Å². The van der Waals surface area contributed by atoms with Gasteiger partial charge in [-0.3, -0.25) is 0 Å². The van der Waals surface area contributed by atoms with Gasteiger partial charge in [-0.2, -0.15) is 18.2 Å². The van der Waals surface area contributed by atoms with Gasteiger partial charge in [0.05, 0.1) is 11.0 Å². The molecule has 1 aromatic carbocycles. The SMILES string of the molecule is CCc1noc(C2(c3cccc(C(F)(F)F)c3)CCOCC2)n1. The van der Waals surface area contributed by atoms with Gasteiger partial charge in [0.2, 0.25) is 5.89 Å². The first kappa shape index (κ1) is 16.0. The monoisotopic (exact) mass is 326 g/mol. The van der Waals surface area contributed by atoms with E-state index in [1.54, 1.807) is 6.07 Å². The van der Waals surface area contributed by atoms with Crippen LogP contribution in [-0.2, 0) is 22.7 Å². The van der Waals surface area contributed by atoms with Gasteiger partial charge in [-0.1, -0.05) is 30.3 Å². The normalized spacial score (nSPS) is 18.1. The van der Waals surface area contributed by atoms with Crippen molar-refractivity contribution in [1.82, 2.24) is 10.1 Å². The highest BCUT2D eigenvalue weighted by Crippen LogP contribution is 2.42. The number of nitrogens with zero attached hydrogens (tertiary/aromatic N) is 2. The zero-order valence-corrected chi connectivity index (χ0v) is 12.7. The number of aromatic nitrogens is 2. The van der Waals surface area contributed by atoms with E-state index in [0.717, 1.165) is 6.07 Å². The van der Waals surface area contributed by atoms with E-state index in [-0.39, 0.29) is 0 Å². The fourth-order valence-corrected chi connectivity index (χ4v) is 2.93. The van der Waals surface area contributed by atoms with E-state index in [0.29, 0.717) is 49.8 Å². The molecule has 0 spiro atoms. The lowest BCUT2D eigenvalue weighted by molar-refractivity contribution is -0.137. The van der Waals surface area contributed by atoms with Crippen LogP contribution in [0.25, 0.3) is 0 Å². The molecule has 0 amide bonds. The molecule has 0 saturated carbocycles. The Morgan fingerprint density at radius 1 is 1.22 bits per heavy atom. The van der Waals surface area contributed by atoms with Gasteiger partial charge in [0.25, 0.3) is 0 Å². The van der Waals surface area contributed by atoms with Gasteiger partial charge in [-0.25, -0.2) is 0 Å². The first-order valence-corrected chi connectivity index (χ1v) is 7.54. The van der Waals surface area contributed by atoms with E-state index >= 15 is 0 Å². The van der Waals surface area contributed by atoms with Crippen molar-refractivity contribution >= 4 is 0 Å². The van der Waals surface area contributed by atoms with Crippen LogP contribution in [0.2, 0.25) is 0 Å². The average molecular weight is 326 g/mol. The molecule has 1 aliphatic rings. The van der Waals surface area contributed by atoms with Crippen LogP contribution in [0.3, 0.4) is 0 Å². The van der Waals surface area contributed by atoms with Crippen molar-refractivity contribution in [2.45, 2.75) is 37.8 Å². The molecule has 0 N–H and O–H groups in total. The standard InChI is InChI=1S/C16H17F3N2O2/c1-2-13-20-14(23-21-13)15(6-8-22-9-7-15)11-4-3-5-12(10-11)16(17,18)19/h3-5,10H,2,6-9H2,1H3. The van der Waals surface area contributed by atoms with E-state index in [4.69, 9.17) is 9.26 Å². The summed E-state index contributed by atoms with van der Waals surface area (Å²) in [5.41, 5.74) is -0.849. The van der Waals surface area contributed by atoms with E-state index in [1.165, 1.54) is 12.1 Å². The highest BCUT2D eigenvalue weighted by Gasteiger charge is 2.42. The summed E-state index contributed by atoms with van der Waals surface area (Å²) in [6.07, 6.45) is -2.75. The molecule has 2 aromatic rings. The minimum absolute atomic E-state index is 0.372. The minimum atomic E-state index is -4.38. The van der Waals surface area contributed by atoms with Crippen molar-refractivity contribution in [2.24, 2.45) is 0 Å². The molecule has 0 unspecified atom stereocenters. The minimum Gasteiger partial charge on any atom is -0.381 e. The molecule has 1 fully saturated rings. The Hall–Kier alpha value is -1.89. The molecule has 2 heterocycles. The van der Waals surface area contributed by atoms with E-state index in [2.05, 4.69) is 10.1 Å². The summed E-state index contributed by atoms with van der Waals surface area (Å²) in [7, 11) is 0. The zero-order valence-electron chi connectivity index (χ0n) is 12.7. The van der Waals surface area contributed by atoms with Crippen LogP contribution in [0.5, 0.6) is 0 Å². The Bertz CT molecular complexity index is 676. The number of alkyl halides is 3. The summed E-state index contributed by atoms with van der Waals surface area (Å²) in [5, 5.41) is 3.90. The summed E-state index contributed by atoms with van der Waals surface area (Å²) in [6.45, 7) is 2.79. The maximum absolute atomic E-state index is 13.0. The van der Waals surface area contributed by atoms with Gasteiger partial charge in [0.15, 0.2) is 5.82 Å². The van der Waals surface area contributed by atoms with Crippen molar-refractivity contribution in [2.75, 3.05) is 13.2 Å². The molecule has 0 radical (unpaired) electrons. The van der Waals surface area contributed by atoms with Crippen molar-refractivity contribution in [3.05, 3.63) is 47.1 Å². The number of aryl methyl sites for hydroxylation is 1. The van der Waals surface area contributed by atoms with Gasteiger partial charge < -0.3 is 9.26 Å². The van der Waals surface area contributed by atoms with Crippen LogP contribution in [0, 0.1) is 0 Å². The topological polar surface area (TPSA) is 48.2 Å². The highest BCUT2D eigenvalue weighted by atomic mass is 19.4. The Morgan fingerprint density at radius 3 is 2.57 bits per heavy atom. The summed E-state index contributed by atoms with van der Waals surface area (Å²) in [6, 6.07) is 5.37. The van der Waals surface area contributed by atoms with Gasteiger partial charge in [0, 0.05) is 19.6 Å². The van der Waals surface area contributed by atoms with Gasteiger partial charge in [-0.05, 0) is 24.5 Å². The lowest BCUT2D eigenvalue weighted by Crippen LogP contribution is -2.35.